The molecule has 0 aliphatic heterocycles. The summed E-state index contributed by atoms with van der Waals surface area (Å²) in [5, 5.41) is 6.30. The molecule has 2 N–H and O–H groups in total. The maximum Gasteiger partial charge on any atom is 0.257 e. The van der Waals surface area contributed by atoms with Gasteiger partial charge in [-0.25, -0.2) is 4.98 Å². The van der Waals surface area contributed by atoms with Crippen LogP contribution in [0.25, 0.3) is 22.6 Å². The van der Waals surface area contributed by atoms with Crippen molar-refractivity contribution in [2.45, 2.75) is 33.1 Å². The molecule has 0 aliphatic carbocycles. The fraction of sp³-hybridized carbons (Fsp3) is 0.192. The molecule has 3 aromatic carbocycles. The van der Waals surface area contributed by atoms with Crippen LogP contribution in [0.5, 0.6) is 0 Å². The molecule has 0 spiro atoms. The van der Waals surface area contributed by atoms with Crippen LogP contribution in [0.4, 0.5) is 5.69 Å². The Kier molecular flexibility index (Phi) is 6.77. The standard InChI is InChI=1S/C26H24ClN3O2S/c1-4-16-5-7-17(8-6-16)24(31)30-26(33)29-21-14-19(9-11-20(21)27)25-28-22-13-18(15(2)3)10-12-23(22)32-25/h5-15H,4H2,1-3H3,(H2,29,30,31,33). The molecule has 0 unspecified atom stereocenters. The fourth-order valence-electron chi connectivity index (χ4n) is 3.40. The maximum absolute atomic E-state index is 12.5. The van der Waals surface area contributed by atoms with E-state index in [1.165, 1.54) is 5.56 Å². The highest BCUT2D eigenvalue weighted by Crippen LogP contribution is 2.31. The quantitative estimate of drug-likeness (QED) is 0.304. The summed E-state index contributed by atoms with van der Waals surface area (Å²) in [4.78, 5) is 17.1. The molecule has 1 aromatic heterocycles. The van der Waals surface area contributed by atoms with Gasteiger partial charge in [-0.15, -0.1) is 0 Å². The van der Waals surface area contributed by atoms with Crippen molar-refractivity contribution in [2.75, 3.05) is 5.32 Å². The number of oxazole rings is 1. The van der Waals surface area contributed by atoms with Gasteiger partial charge in [0.1, 0.15) is 5.52 Å². The Hall–Kier alpha value is -3.22. The van der Waals surface area contributed by atoms with Crippen LogP contribution in [0.1, 0.15) is 48.2 Å². The molecule has 0 saturated heterocycles. The molecule has 168 valence electrons. The van der Waals surface area contributed by atoms with Crippen LogP contribution in [0.3, 0.4) is 0 Å². The van der Waals surface area contributed by atoms with E-state index in [1.807, 2.05) is 36.4 Å². The molecule has 5 nitrogen and oxygen atoms in total. The largest absolute Gasteiger partial charge is 0.436 e. The van der Waals surface area contributed by atoms with Gasteiger partial charge in [-0.3, -0.25) is 10.1 Å². The van der Waals surface area contributed by atoms with E-state index in [2.05, 4.69) is 36.4 Å². The summed E-state index contributed by atoms with van der Waals surface area (Å²) in [6.45, 7) is 6.35. The zero-order valence-corrected chi connectivity index (χ0v) is 20.2. The molecule has 0 radical (unpaired) electrons. The Morgan fingerprint density at radius 3 is 2.55 bits per heavy atom. The zero-order valence-electron chi connectivity index (χ0n) is 18.6. The van der Waals surface area contributed by atoms with E-state index < -0.39 is 0 Å². The van der Waals surface area contributed by atoms with Crippen LogP contribution >= 0.6 is 23.8 Å². The molecule has 1 heterocycles. The van der Waals surface area contributed by atoms with Crippen LogP contribution in [0.15, 0.2) is 65.1 Å². The fourth-order valence-corrected chi connectivity index (χ4v) is 3.77. The molecular weight excluding hydrogens is 454 g/mol. The lowest BCUT2D eigenvalue weighted by Crippen LogP contribution is -2.34. The summed E-state index contributed by atoms with van der Waals surface area (Å²) in [5.74, 6) is 0.598. The van der Waals surface area contributed by atoms with Crippen LogP contribution < -0.4 is 10.6 Å². The van der Waals surface area contributed by atoms with Crippen molar-refractivity contribution < 1.29 is 9.21 Å². The van der Waals surface area contributed by atoms with Crippen molar-refractivity contribution in [3.05, 3.63) is 82.4 Å². The van der Waals surface area contributed by atoms with Gasteiger partial charge in [0.25, 0.3) is 5.91 Å². The Morgan fingerprint density at radius 1 is 1.09 bits per heavy atom. The number of carbonyl (C=O) groups is 1. The lowest BCUT2D eigenvalue weighted by atomic mass is 10.0. The van der Waals surface area contributed by atoms with E-state index in [9.17, 15) is 4.79 Å². The van der Waals surface area contributed by atoms with Crippen LogP contribution in [0, 0.1) is 0 Å². The van der Waals surface area contributed by atoms with E-state index in [4.69, 9.17) is 28.2 Å². The van der Waals surface area contributed by atoms with Crippen LogP contribution in [-0.4, -0.2) is 16.0 Å². The van der Waals surface area contributed by atoms with Crippen molar-refractivity contribution in [1.82, 2.24) is 10.3 Å². The molecule has 4 rings (SSSR count). The highest BCUT2D eigenvalue weighted by atomic mass is 35.5. The van der Waals surface area contributed by atoms with Gasteiger partial charge in [-0.2, -0.15) is 0 Å². The number of aromatic nitrogens is 1. The summed E-state index contributed by atoms with van der Waals surface area (Å²) in [6.07, 6.45) is 0.912. The average molecular weight is 478 g/mol. The molecular formula is C26H24ClN3O2S. The average Bonchev–Trinajstić information content (AvgIpc) is 3.24. The third-order valence-corrected chi connectivity index (χ3v) is 5.92. The second-order valence-electron chi connectivity index (χ2n) is 8.05. The number of fused-ring (bicyclic) bond motifs is 1. The monoisotopic (exact) mass is 477 g/mol. The number of nitrogens with one attached hydrogen (secondary N) is 2. The molecule has 0 aliphatic rings. The predicted octanol–water partition coefficient (Wildman–Crippen LogP) is 6.96. The minimum atomic E-state index is -0.290. The summed E-state index contributed by atoms with van der Waals surface area (Å²) >= 11 is 11.7. The zero-order chi connectivity index (χ0) is 23.5. The summed E-state index contributed by atoms with van der Waals surface area (Å²) < 4.78 is 5.95. The van der Waals surface area contributed by atoms with E-state index in [0.29, 0.717) is 28.1 Å². The number of halogens is 1. The second kappa shape index (κ2) is 9.73. The summed E-state index contributed by atoms with van der Waals surface area (Å²) in [5.41, 5.74) is 5.71. The SMILES string of the molecule is CCc1ccc(C(=O)NC(=S)Nc2cc(-c3nc4cc(C(C)C)ccc4o3)ccc2Cl)cc1. The van der Waals surface area contributed by atoms with Gasteiger partial charge in [-0.1, -0.05) is 50.6 Å². The lowest BCUT2D eigenvalue weighted by Gasteiger charge is -2.12. The van der Waals surface area contributed by atoms with Gasteiger partial charge in [0.2, 0.25) is 5.89 Å². The number of aryl methyl sites for hydroxylation is 1. The predicted molar refractivity (Wildman–Crippen MR) is 138 cm³/mol. The first-order valence-corrected chi connectivity index (χ1v) is 11.5. The topological polar surface area (TPSA) is 67.2 Å². The van der Waals surface area contributed by atoms with E-state index in [1.54, 1.807) is 24.3 Å². The molecule has 1 amide bonds. The third kappa shape index (κ3) is 5.24. The number of nitrogens with zero attached hydrogens (tertiary/aromatic N) is 1. The van der Waals surface area contributed by atoms with Crippen molar-refractivity contribution in [2.24, 2.45) is 0 Å². The highest BCUT2D eigenvalue weighted by Gasteiger charge is 2.14. The first-order chi connectivity index (χ1) is 15.8. The highest BCUT2D eigenvalue weighted by molar-refractivity contribution is 7.80. The van der Waals surface area contributed by atoms with E-state index in [0.717, 1.165) is 28.6 Å². The number of carbonyl (C=O) groups excluding carboxylic acids is 1. The first-order valence-electron chi connectivity index (χ1n) is 10.8. The number of benzene rings is 3. The number of amides is 1. The molecule has 7 heteroatoms. The minimum Gasteiger partial charge on any atom is -0.436 e. The number of hydrogen-bond acceptors (Lipinski definition) is 4. The van der Waals surface area contributed by atoms with Crippen molar-refractivity contribution in [3.8, 4) is 11.5 Å². The second-order valence-corrected chi connectivity index (χ2v) is 8.87. The van der Waals surface area contributed by atoms with Gasteiger partial charge in [0.05, 0.1) is 10.7 Å². The normalized spacial score (nSPS) is 11.1. The van der Waals surface area contributed by atoms with Crippen molar-refractivity contribution >= 4 is 51.6 Å². The molecule has 4 aromatic rings. The molecule has 0 bridgehead atoms. The number of thiocarbonyl (C=S) groups is 1. The Balaban J connectivity index is 1.51. The number of rotatable bonds is 5. The van der Waals surface area contributed by atoms with Gasteiger partial charge in [-0.05, 0) is 78.1 Å². The third-order valence-electron chi connectivity index (χ3n) is 5.39. The van der Waals surface area contributed by atoms with Gasteiger partial charge in [0, 0.05) is 11.1 Å². The van der Waals surface area contributed by atoms with Gasteiger partial charge >= 0.3 is 0 Å². The molecule has 0 atom stereocenters. The van der Waals surface area contributed by atoms with Gasteiger partial charge in [0.15, 0.2) is 10.7 Å². The van der Waals surface area contributed by atoms with Crippen LogP contribution in [-0.2, 0) is 6.42 Å². The molecule has 0 saturated carbocycles. The van der Waals surface area contributed by atoms with Crippen molar-refractivity contribution in [1.29, 1.82) is 0 Å². The smallest absolute Gasteiger partial charge is 0.257 e. The molecule has 33 heavy (non-hydrogen) atoms. The summed E-state index contributed by atoms with van der Waals surface area (Å²) in [6, 6.07) is 18.8. The molecule has 0 fully saturated rings. The van der Waals surface area contributed by atoms with Crippen LogP contribution in [0.2, 0.25) is 5.02 Å². The van der Waals surface area contributed by atoms with E-state index in [-0.39, 0.29) is 11.0 Å². The van der Waals surface area contributed by atoms with E-state index >= 15 is 0 Å². The maximum atomic E-state index is 12.5. The first kappa shape index (κ1) is 23.0. The Morgan fingerprint density at radius 2 is 1.85 bits per heavy atom. The minimum absolute atomic E-state index is 0.151. The Bertz CT molecular complexity index is 1330. The summed E-state index contributed by atoms with van der Waals surface area (Å²) in [7, 11) is 0. The number of hydrogen-bond donors (Lipinski definition) is 2. The number of anilines is 1. The lowest BCUT2D eigenvalue weighted by molar-refractivity contribution is 0.0977. The van der Waals surface area contributed by atoms with Gasteiger partial charge < -0.3 is 9.73 Å². The Labute approximate surface area is 203 Å². The van der Waals surface area contributed by atoms with Crippen molar-refractivity contribution in [3.63, 3.8) is 0 Å².